The monoisotopic (exact) mass is 293 g/mol. The van der Waals surface area contributed by atoms with Gasteiger partial charge in [-0.2, -0.15) is 0 Å². The predicted octanol–water partition coefficient (Wildman–Crippen LogP) is 1.94. The summed E-state index contributed by atoms with van der Waals surface area (Å²) in [7, 11) is 0. The van der Waals surface area contributed by atoms with E-state index in [-0.39, 0.29) is 22.3 Å². The van der Waals surface area contributed by atoms with E-state index >= 15 is 0 Å². The van der Waals surface area contributed by atoms with Crippen molar-refractivity contribution in [1.29, 1.82) is 0 Å². The molecular weight excluding hydrogens is 281 g/mol. The Morgan fingerprint density at radius 3 is 2.89 bits per heavy atom. The van der Waals surface area contributed by atoms with Crippen molar-refractivity contribution in [2.24, 2.45) is 0 Å². The van der Waals surface area contributed by atoms with Crippen LogP contribution in [0.5, 0.6) is 0 Å². The van der Waals surface area contributed by atoms with Gasteiger partial charge in [0, 0.05) is 24.4 Å². The number of rotatable bonds is 5. The molecule has 4 nitrogen and oxygen atoms in total. The van der Waals surface area contributed by atoms with Crippen LogP contribution in [0.15, 0.2) is 12.3 Å². The maximum atomic E-state index is 13.5. The van der Waals surface area contributed by atoms with Gasteiger partial charge in [-0.1, -0.05) is 23.4 Å². The fourth-order valence-electron chi connectivity index (χ4n) is 1.35. The Hall–Kier alpha value is -0.690. The molecule has 0 aliphatic carbocycles. The molecule has 2 atom stereocenters. The molecule has 1 heterocycles. The van der Waals surface area contributed by atoms with Crippen LogP contribution in [0.4, 0.5) is 4.39 Å². The van der Waals surface area contributed by atoms with Crippen LogP contribution < -0.4 is 0 Å². The van der Waals surface area contributed by atoms with E-state index in [1.165, 1.54) is 19.2 Å². The van der Waals surface area contributed by atoms with Gasteiger partial charge in [-0.25, -0.2) is 9.37 Å². The van der Waals surface area contributed by atoms with E-state index < -0.39 is 18.0 Å². The molecule has 2 unspecified atom stereocenters. The number of aliphatic hydroxyl groups excluding tert-OH is 2. The molecule has 1 rings (SSSR count). The van der Waals surface area contributed by atoms with E-state index in [0.29, 0.717) is 5.75 Å². The third-order valence-corrected chi connectivity index (χ3v) is 3.39. The summed E-state index contributed by atoms with van der Waals surface area (Å²) in [6, 6.07) is 1.26. The predicted molar refractivity (Wildman–Crippen MR) is 67.9 cm³/mol. The van der Waals surface area contributed by atoms with E-state index in [0.717, 1.165) is 11.8 Å². The topological polar surface area (TPSA) is 70.4 Å². The molecule has 0 aromatic carbocycles. The van der Waals surface area contributed by atoms with Gasteiger partial charge >= 0.3 is 0 Å². The Kier molecular flexibility index (Phi) is 6.01. The molecule has 0 aliphatic rings. The van der Waals surface area contributed by atoms with Crippen LogP contribution in [0.3, 0.4) is 0 Å². The van der Waals surface area contributed by atoms with Crippen LogP contribution in [-0.4, -0.2) is 32.2 Å². The molecule has 0 bridgehead atoms. The quantitative estimate of drug-likeness (QED) is 0.812. The van der Waals surface area contributed by atoms with Crippen LogP contribution in [0.2, 0.25) is 5.15 Å². The number of carbonyl (C=O) groups is 1. The highest BCUT2D eigenvalue weighted by Gasteiger charge is 2.23. The number of nitrogens with zero attached hydrogens (tertiary/aromatic N) is 1. The Labute approximate surface area is 113 Å². The van der Waals surface area contributed by atoms with E-state index in [1.54, 1.807) is 0 Å². The van der Waals surface area contributed by atoms with Crippen molar-refractivity contribution in [3.8, 4) is 0 Å². The van der Waals surface area contributed by atoms with Gasteiger partial charge in [0.15, 0.2) is 16.1 Å². The van der Waals surface area contributed by atoms with Gasteiger partial charge in [0.1, 0.15) is 6.10 Å². The van der Waals surface area contributed by atoms with Crippen LogP contribution in [0.25, 0.3) is 0 Å². The molecule has 1 aromatic heterocycles. The first-order valence-corrected chi connectivity index (χ1v) is 6.59. The average molecular weight is 294 g/mol. The van der Waals surface area contributed by atoms with Crippen molar-refractivity contribution in [1.82, 2.24) is 4.98 Å². The maximum absolute atomic E-state index is 13.5. The second kappa shape index (κ2) is 7.04. The third kappa shape index (κ3) is 4.20. The lowest BCUT2D eigenvalue weighted by molar-refractivity contribution is -0.109. The number of aliphatic hydroxyl groups is 2. The van der Waals surface area contributed by atoms with Gasteiger partial charge in [-0.05, 0) is 12.5 Å². The molecule has 0 saturated heterocycles. The van der Waals surface area contributed by atoms with Crippen molar-refractivity contribution in [2.75, 3.05) is 5.75 Å². The highest BCUT2D eigenvalue weighted by atomic mass is 35.5. The summed E-state index contributed by atoms with van der Waals surface area (Å²) in [4.78, 5) is 14.2. The van der Waals surface area contributed by atoms with Gasteiger partial charge < -0.3 is 10.2 Å². The molecule has 0 aliphatic heterocycles. The van der Waals surface area contributed by atoms with E-state index in [9.17, 15) is 19.4 Å². The molecule has 0 fully saturated rings. The normalized spacial score (nSPS) is 14.3. The third-order valence-electron chi connectivity index (χ3n) is 2.28. The van der Waals surface area contributed by atoms with Gasteiger partial charge in [0.25, 0.3) is 0 Å². The molecule has 1 aromatic rings. The summed E-state index contributed by atoms with van der Waals surface area (Å²) in [6.45, 7) is 1.41. The molecular formula is C11H13ClFNO3S. The van der Waals surface area contributed by atoms with Crippen molar-refractivity contribution in [3.63, 3.8) is 0 Å². The van der Waals surface area contributed by atoms with Crippen LogP contribution >= 0.6 is 23.4 Å². The molecule has 0 spiro atoms. The smallest absolute Gasteiger partial charge is 0.185 e. The largest absolute Gasteiger partial charge is 0.390 e. The van der Waals surface area contributed by atoms with Crippen molar-refractivity contribution < 1.29 is 19.4 Å². The number of thioether (sulfide) groups is 1. The Morgan fingerprint density at radius 1 is 1.61 bits per heavy atom. The Balaban J connectivity index is 2.65. The highest BCUT2D eigenvalue weighted by molar-refractivity contribution is 8.13. The summed E-state index contributed by atoms with van der Waals surface area (Å²) in [6.07, 6.45) is -1.13. The van der Waals surface area contributed by atoms with Gasteiger partial charge in [0.05, 0.1) is 6.10 Å². The molecule has 2 N–H and O–H groups in total. The standard InChI is InChI=1S/C11H13ClFNO3S/c1-6(15)18-5-3-8(16)10(17)7-2-4-14-11(12)9(7)13/h2,4,8,10,16-17H,3,5H2,1H3. The second-order valence-corrected chi connectivity index (χ2v) is 5.28. The number of pyridine rings is 1. The first kappa shape index (κ1) is 15.4. The minimum absolute atomic E-state index is 0.0742. The Morgan fingerprint density at radius 2 is 2.28 bits per heavy atom. The number of carbonyl (C=O) groups excluding carboxylic acids is 1. The second-order valence-electron chi connectivity index (χ2n) is 3.65. The summed E-state index contributed by atoms with van der Waals surface area (Å²) in [5, 5.41) is 19.1. The first-order chi connectivity index (χ1) is 8.43. The number of hydrogen-bond donors (Lipinski definition) is 2. The maximum Gasteiger partial charge on any atom is 0.185 e. The first-order valence-electron chi connectivity index (χ1n) is 5.23. The minimum atomic E-state index is -1.39. The summed E-state index contributed by atoms with van der Waals surface area (Å²) in [5.74, 6) is -0.487. The van der Waals surface area contributed by atoms with Crippen LogP contribution in [0, 0.1) is 5.82 Å². The summed E-state index contributed by atoms with van der Waals surface area (Å²) < 4.78 is 13.5. The highest BCUT2D eigenvalue weighted by Crippen LogP contribution is 2.25. The molecule has 100 valence electrons. The zero-order chi connectivity index (χ0) is 13.7. The lowest BCUT2D eigenvalue weighted by atomic mass is 10.0. The Bertz CT molecular complexity index is 433. The zero-order valence-electron chi connectivity index (χ0n) is 9.64. The van der Waals surface area contributed by atoms with Gasteiger partial charge in [-0.3, -0.25) is 4.79 Å². The van der Waals surface area contributed by atoms with Crippen LogP contribution in [0.1, 0.15) is 25.0 Å². The van der Waals surface area contributed by atoms with Crippen molar-refractivity contribution >= 4 is 28.5 Å². The molecule has 7 heteroatoms. The van der Waals surface area contributed by atoms with Crippen LogP contribution in [-0.2, 0) is 4.79 Å². The molecule has 18 heavy (non-hydrogen) atoms. The average Bonchev–Trinajstić information content (AvgIpc) is 2.31. The molecule has 0 amide bonds. The summed E-state index contributed by atoms with van der Waals surface area (Å²) in [5.41, 5.74) is -0.102. The molecule has 0 radical (unpaired) electrons. The number of halogens is 2. The zero-order valence-corrected chi connectivity index (χ0v) is 11.2. The van der Waals surface area contributed by atoms with E-state index in [4.69, 9.17) is 11.6 Å². The number of hydrogen-bond acceptors (Lipinski definition) is 5. The molecule has 0 saturated carbocycles. The van der Waals surface area contributed by atoms with E-state index in [2.05, 4.69) is 4.98 Å². The van der Waals surface area contributed by atoms with E-state index in [1.807, 2.05) is 0 Å². The number of aromatic nitrogens is 1. The lowest BCUT2D eigenvalue weighted by Crippen LogP contribution is -2.20. The fourth-order valence-corrected chi connectivity index (χ4v) is 2.16. The van der Waals surface area contributed by atoms with Gasteiger partial charge in [-0.15, -0.1) is 0 Å². The summed E-state index contributed by atoms with van der Waals surface area (Å²) >= 11 is 6.52. The fraction of sp³-hybridized carbons (Fsp3) is 0.455. The SMILES string of the molecule is CC(=O)SCCC(O)C(O)c1ccnc(Cl)c1F. The minimum Gasteiger partial charge on any atom is -0.390 e. The lowest BCUT2D eigenvalue weighted by Gasteiger charge is -2.18. The van der Waals surface area contributed by atoms with Gasteiger partial charge in [0.2, 0.25) is 0 Å². The van der Waals surface area contributed by atoms with Crippen molar-refractivity contribution in [2.45, 2.75) is 25.6 Å². The van der Waals surface area contributed by atoms with Crippen molar-refractivity contribution in [3.05, 3.63) is 28.8 Å².